The summed E-state index contributed by atoms with van der Waals surface area (Å²) in [7, 11) is 0. The van der Waals surface area contributed by atoms with Crippen LogP contribution in [0.25, 0.3) is 0 Å². The fraction of sp³-hybridized carbons (Fsp3) is 0.350. The molecule has 0 unspecified atom stereocenters. The van der Waals surface area contributed by atoms with Crippen LogP contribution in [0.4, 0.5) is 0 Å². The van der Waals surface area contributed by atoms with Crippen molar-refractivity contribution in [2.45, 2.75) is 32.0 Å². The van der Waals surface area contributed by atoms with Gasteiger partial charge in [0.2, 0.25) is 11.8 Å². The molecule has 0 aliphatic carbocycles. The van der Waals surface area contributed by atoms with Gasteiger partial charge >= 0.3 is 5.97 Å². The Labute approximate surface area is 156 Å². The van der Waals surface area contributed by atoms with Crippen LogP contribution < -0.4 is 0 Å². The van der Waals surface area contributed by atoms with E-state index in [-0.39, 0.29) is 37.7 Å². The zero-order valence-electron chi connectivity index (χ0n) is 14.7. The van der Waals surface area contributed by atoms with Gasteiger partial charge in [0.15, 0.2) is 0 Å². The molecule has 0 radical (unpaired) electrons. The van der Waals surface area contributed by atoms with Gasteiger partial charge in [-0.2, -0.15) is 0 Å². The predicted molar refractivity (Wildman–Crippen MR) is 94.4 cm³/mol. The van der Waals surface area contributed by atoms with E-state index < -0.39 is 17.9 Å². The van der Waals surface area contributed by atoms with Crippen molar-refractivity contribution in [2.75, 3.05) is 6.54 Å². The molecule has 1 aromatic heterocycles. The molecule has 1 aromatic carbocycles. The van der Waals surface area contributed by atoms with Crippen molar-refractivity contribution in [1.82, 2.24) is 9.80 Å². The largest absolute Gasteiger partial charge is 0.480 e. The van der Waals surface area contributed by atoms with E-state index in [4.69, 9.17) is 4.42 Å². The Balaban J connectivity index is 1.51. The second-order valence-corrected chi connectivity index (χ2v) is 7.05. The number of likely N-dealkylation sites (tertiary alicyclic amines) is 1. The summed E-state index contributed by atoms with van der Waals surface area (Å²) < 4.78 is 5.28. The maximum atomic E-state index is 13.1. The van der Waals surface area contributed by atoms with E-state index in [1.54, 1.807) is 23.3 Å². The number of hydrogen-bond acceptors (Lipinski definition) is 4. The lowest BCUT2D eigenvalue weighted by Gasteiger charge is -2.35. The first-order valence-electron chi connectivity index (χ1n) is 8.93. The van der Waals surface area contributed by atoms with Crippen LogP contribution in [0.1, 0.15) is 23.3 Å². The SMILES string of the molecule is O=C(O)[C@H]1Cc2ccccc2CN1C(=O)[C@@H]1CC(=O)N(Cc2ccco2)C1. The van der Waals surface area contributed by atoms with Crippen LogP contribution in [0, 0.1) is 5.92 Å². The van der Waals surface area contributed by atoms with Crippen LogP contribution in [0.15, 0.2) is 47.1 Å². The van der Waals surface area contributed by atoms with Gasteiger partial charge in [-0.15, -0.1) is 0 Å². The molecular weight excluding hydrogens is 348 g/mol. The Morgan fingerprint density at radius 1 is 1.11 bits per heavy atom. The van der Waals surface area contributed by atoms with Gasteiger partial charge in [-0.1, -0.05) is 24.3 Å². The van der Waals surface area contributed by atoms with Gasteiger partial charge in [0.1, 0.15) is 11.8 Å². The van der Waals surface area contributed by atoms with Gasteiger partial charge in [-0.05, 0) is 23.3 Å². The number of carbonyl (C=O) groups excluding carboxylic acids is 2. The number of hydrogen-bond donors (Lipinski definition) is 1. The Bertz CT molecular complexity index is 876. The van der Waals surface area contributed by atoms with Crippen molar-refractivity contribution >= 4 is 17.8 Å². The Morgan fingerprint density at radius 3 is 2.59 bits per heavy atom. The molecule has 0 bridgehead atoms. The molecule has 1 saturated heterocycles. The summed E-state index contributed by atoms with van der Waals surface area (Å²) in [5, 5.41) is 9.62. The first-order valence-corrected chi connectivity index (χ1v) is 8.93. The molecule has 0 saturated carbocycles. The number of fused-ring (bicyclic) bond motifs is 1. The van der Waals surface area contributed by atoms with Crippen molar-refractivity contribution in [3.63, 3.8) is 0 Å². The van der Waals surface area contributed by atoms with Crippen LogP contribution in [-0.4, -0.2) is 45.3 Å². The molecule has 2 amide bonds. The Kier molecular flexibility index (Phi) is 4.43. The van der Waals surface area contributed by atoms with Crippen molar-refractivity contribution in [1.29, 1.82) is 0 Å². The number of carbonyl (C=O) groups is 3. The fourth-order valence-corrected chi connectivity index (χ4v) is 3.89. The molecule has 7 nitrogen and oxygen atoms in total. The molecule has 2 aliphatic heterocycles. The summed E-state index contributed by atoms with van der Waals surface area (Å²) >= 11 is 0. The molecule has 3 heterocycles. The average molecular weight is 368 g/mol. The monoisotopic (exact) mass is 368 g/mol. The molecule has 4 rings (SSSR count). The summed E-state index contributed by atoms with van der Waals surface area (Å²) in [6, 6.07) is 10.2. The predicted octanol–water partition coefficient (Wildman–Crippen LogP) is 1.67. The van der Waals surface area contributed by atoms with E-state index in [9.17, 15) is 19.5 Å². The summed E-state index contributed by atoms with van der Waals surface area (Å²) in [6.45, 7) is 0.860. The normalized spacial score (nSPS) is 22.0. The second kappa shape index (κ2) is 6.90. The number of rotatable bonds is 4. The lowest BCUT2D eigenvalue weighted by atomic mass is 9.92. The van der Waals surface area contributed by atoms with Gasteiger partial charge in [-0.25, -0.2) is 4.79 Å². The van der Waals surface area contributed by atoms with Gasteiger partial charge in [0.05, 0.1) is 18.7 Å². The van der Waals surface area contributed by atoms with E-state index in [1.807, 2.05) is 24.3 Å². The highest BCUT2D eigenvalue weighted by molar-refractivity contribution is 5.91. The highest BCUT2D eigenvalue weighted by Gasteiger charge is 2.41. The third kappa shape index (κ3) is 3.32. The quantitative estimate of drug-likeness (QED) is 0.886. The number of amides is 2. The van der Waals surface area contributed by atoms with Crippen LogP contribution in [-0.2, 0) is 33.9 Å². The molecule has 27 heavy (non-hydrogen) atoms. The van der Waals surface area contributed by atoms with Crippen molar-refractivity contribution in [3.05, 3.63) is 59.5 Å². The molecular formula is C20H20N2O5. The third-order valence-electron chi connectivity index (χ3n) is 5.31. The van der Waals surface area contributed by atoms with Gasteiger partial charge in [0.25, 0.3) is 0 Å². The molecule has 2 atom stereocenters. The minimum atomic E-state index is -1.02. The topological polar surface area (TPSA) is 91.1 Å². The second-order valence-electron chi connectivity index (χ2n) is 7.05. The van der Waals surface area contributed by atoms with Gasteiger partial charge in [0, 0.05) is 25.9 Å². The zero-order chi connectivity index (χ0) is 19.0. The van der Waals surface area contributed by atoms with E-state index in [0.717, 1.165) is 11.1 Å². The first kappa shape index (κ1) is 17.3. The van der Waals surface area contributed by atoms with Crippen molar-refractivity contribution < 1.29 is 23.9 Å². The summed E-state index contributed by atoms with van der Waals surface area (Å²) in [6.07, 6.45) is 1.93. The zero-order valence-corrected chi connectivity index (χ0v) is 14.7. The maximum absolute atomic E-state index is 13.1. The highest BCUT2D eigenvalue weighted by atomic mass is 16.4. The lowest BCUT2D eigenvalue weighted by molar-refractivity contribution is -0.153. The highest BCUT2D eigenvalue weighted by Crippen LogP contribution is 2.28. The number of carboxylic acids is 1. The van der Waals surface area contributed by atoms with Crippen LogP contribution in [0.5, 0.6) is 0 Å². The number of benzene rings is 1. The van der Waals surface area contributed by atoms with E-state index >= 15 is 0 Å². The van der Waals surface area contributed by atoms with Crippen molar-refractivity contribution in [3.8, 4) is 0 Å². The molecule has 2 aromatic rings. The standard InChI is InChI=1S/C20H20N2O5/c23-18-9-15(10-21(18)12-16-6-3-7-27-16)19(24)22-11-14-5-2-1-4-13(14)8-17(22)20(25)26/h1-7,15,17H,8-12H2,(H,25,26)/t15-,17-/m1/s1. The number of aliphatic carboxylic acids is 1. The smallest absolute Gasteiger partial charge is 0.326 e. The minimum absolute atomic E-state index is 0.101. The number of nitrogens with zero attached hydrogens (tertiary/aromatic N) is 2. The minimum Gasteiger partial charge on any atom is -0.480 e. The van der Waals surface area contributed by atoms with E-state index in [1.165, 1.54) is 4.90 Å². The van der Waals surface area contributed by atoms with E-state index in [0.29, 0.717) is 12.3 Å². The number of furan rings is 1. The molecule has 2 aliphatic rings. The van der Waals surface area contributed by atoms with Crippen molar-refractivity contribution in [2.24, 2.45) is 5.92 Å². The molecule has 1 fully saturated rings. The lowest BCUT2D eigenvalue weighted by Crippen LogP contribution is -2.51. The average Bonchev–Trinajstić information content (AvgIpc) is 3.30. The Hall–Kier alpha value is -3.09. The maximum Gasteiger partial charge on any atom is 0.326 e. The van der Waals surface area contributed by atoms with E-state index in [2.05, 4.69) is 0 Å². The summed E-state index contributed by atoms with van der Waals surface area (Å²) in [5.74, 6) is -1.28. The van der Waals surface area contributed by atoms with Crippen LogP contribution >= 0.6 is 0 Å². The molecule has 1 N–H and O–H groups in total. The van der Waals surface area contributed by atoms with Crippen LogP contribution in [0.3, 0.4) is 0 Å². The first-order chi connectivity index (χ1) is 13.0. The molecule has 7 heteroatoms. The third-order valence-corrected chi connectivity index (χ3v) is 5.31. The van der Waals surface area contributed by atoms with Gasteiger partial charge < -0.3 is 19.3 Å². The molecule has 0 spiro atoms. The fourth-order valence-electron chi connectivity index (χ4n) is 3.89. The van der Waals surface area contributed by atoms with Gasteiger partial charge in [-0.3, -0.25) is 9.59 Å². The van der Waals surface area contributed by atoms with Crippen LogP contribution in [0.2, 0.25) is 0 Å². The Morgan fingerprint density at radius 2 is 1.89 bits per heavy atom. The summed E-state index contributed by atoms with van der Waals surface area (Å²) in [4.78, 5) is 40.1. The number of carboxylic acid groups (broad SMARTS) is 1. The molecule has 140 valence electrons. The summed E-state index contributed by atoms with van der Waals surface area (Å²) in [5.41, 5.74) is 1.91.